The largest absolute Gasteiger partial charge is 0.345 e. The lowest BCUT2D eigenvalue weighted by Gasteiger charge is -2.11. The number of aryl methyl sites for hydroxylation is 1. The highest BCUT2D eigenvalue weighted by atomic mass is 19.1. The molecule has 0 radical (unpaired) electrons. The minimum atomic E-state index is -0.542. The smallest absolute Gasteiger partial charge is 0.315 e. The van der Waals surface area contributed by atoms with Crippen LogP contribution in [0.15, 0.2) is 42.5 Å². The van der Waals surface area contributed by atoms with Gasteiger partial charge in [-0.05, 0) is 48.7 Å². The number of amides is 4. The van der Waals surface area contributed by atoms with E-state index in [1.165, 1.54) is 12.1 Å². The molecule has 0 spiro atoms. The molecule has 0 saturated heterocycles. The average Bonchev–Trinajstić information content (AvgIpc) is 2.68. The monoisotopic (exact) mass is 386 g/mol. The van der Waals surface area contributed by atoms with Gasteiger partial charge in [-0.3, -0.25) is 9.59 Å². The second-order valence-corrected chi connectivity index (χ2v) is 6.24. The molecular weight excluding hydrogens is 363 g/mol. The van der Waals surface area contributed by atoms with Crippen LogP contribution in [0.2, 0.25) is 0 Å². The molecule has 0 saturated carbocycles. The Kier molecular flexibility index (Phi) is 7.50. The van der Waals surface area contributed by atoms with Gasteiger partial charge in [-0.25, -0.2) is 9.18 Å². The van der Waals surface area contributed by atoms with Gasteiger partial charge in [0, 0.05) is 12.2 Å². The Labute approximate surface area is 162 Å². The summed E-state index contributed by atoms with van der Waals surface area (Å²) in [5, 5.41) is 10.1. The predicted molar refractivity (Wildman–Crippen MR) is 104 cm³/mol. The molecule has 4 N–H and O–H groups in total. The van der Waals surface area contributed by atoms with Crippen molar-refractivity contribution in [2.75, 3.05) is 18.4 Å². The molecule has 0 aliphatic heterocycles. The summed E-state index contributed by atoms with van der Waals surface area (Å²) in [4.78, 5) is 35.4. The van der Waals surface area contributed by atoms with E-state index >= 15 is 0 Å². The van der Waals surface area contributed by atoms with E-state index in [0.717, 1.165) is 16.7 Å². The molecular formula is C20H23FN4O3. The molecule has 148 valence electrons. The van der Waals surface area contributed by atoms with E-state index in [2.05, 4.69) is 21.3 Å². The van der Waals surface area contributed by atoms with Gasteiger partial charge in [0.05, 0.1) is 13.1 Å². The fourth-order valence-electron chi connectivity index (χ4n) is 2.33. The molecule has 0 heterocycles. The Hall–Kier alpha value is -3.42. The maximum atomic E-state index is 12.8. The third-order valence-corrected chi connectivity index (χ3v) is 4.10. The molecule has 0 aromatic heterocycles. The van der Waals surface area contributed by atoms with Crippen LogP contribution in [0.4, 0.5) is 14.9 Å². The molecule has 0 unspecified atom stereocenters. The molecule has 0 fully saturated rings. The van der Waals surface area contributed by atoms with Crippen molar-refractivity contribution < 1.29 is 18.8 Å². The van der Waals surface area contributed by atoms with Crippen LogP contribution in [0.5, 0.6) is 0 Å². The molecule has 2 aromatic carbocycles. The molecule has 28 heavy (non-hydrogen) atoms. The molecule has 2 aromatic rings. The number of anilines is 1. The third kappa shape index (κ3) is 6.71. The summed E-state index contributed by atoms with van der Waals surface area (Å²) in [6.07, 6.45) is 0. The Morgan fingerprint density at radius 3 is 2.25 bits per heavy atom. The number of carbonyl (C=O) groups is 3. The van der Waals surface area contributed by atoms with E-state index in [1.807, 2.05) is 26.0 Å². The Morgan fingerprint density at radius 1 is 0.857 bits per heavy atom. The van der Waals surface area contributed by atoms with Crippen molar-refractivity contribution in [3.05, 3.63) is 65.0 Å². The van der Waals surface area contributed by atoms with E-state index in [4.69, 9.17) is 0 Å². The second-order valence-electron chi connectivity index (χ2n) is 6.24. The maximum Gasteiger partial charge on any atom is 0.315 e. The Morgan fingerprint density at radius 2 is 1.54 bits per heavy atom. The fraction of sp³-hybridized carbons (Fsp3) is 0.250. The van der Waals surface area contributed by atoms with Gasteiger partial charge < -0.3 is 21.3 Å². The van der Waals surface area contributed by atoms with Crippen molar-refractivity contribution in [2.24, 2.45) is 0 Å². The first-order valence-electron chi connectivity index (χ1n) is 8.74. The summed E-state index contributed by atoms with van der Waals surface area (Å²) in [6.45, 7) is 3.57. The van der Waals surface area contributed by atoms with Gasteiger partial charge in [-0.2, -0.15) is 0 Å². The normalized spacial score (nSPS) is 10.1. The van der Waals surface area contributed by atoms with Crippen molar-refractivity contribution in [1.29, 1.82) is 0 Å². The zero-order valence-electron chi connectivity index (χ0n) is 15.8. The fourth-order valence-corrected chi connectivity index (χ4v) is 2.33. The first-order chi connectivity index (χ1) is 13.3. The van der Waals surface area contributed by atoms with Crippen LogP contribution in [0.3, 0.4) is 0 Å². The van der Waals surface area contributed by atoms with Crippen LogP contribution in [0.1, 0.15) is 16.7 Å². The van der Waals surface area contributed by atoms with Crippen molar-refractivity contribution in [3.8, 4) is 0 Å². The molecule has 0 aliphatic carbocycles. The van der Waals surface area contributed by atoms with Gasteiger partial charge in [-0.15, -0.1) is 0 Å². The van der Waals surface area contributed by atoms with Crippen LogP contribution in [-0.2, 0) is 16.1 Å². The highest BCUT2D eigenvalue weighted by Crippen LogP contribution is 2.17. The van der Waals surface area contributed by atoms with Gasteiger partial charge in [0.25, 0.3) is 0 Å². The second kappa shape index (κ2) is 10.1. The third-order valence-electron chi connectivity index (χ3n) is 4.10. The zero-order valence-corrected chi connectivity index (χ0v) is 15.8. The minimum absolute atomic E-state index is 0.200. The van der Waals surface area contributed by atoms with E-state index in [1.54, 1.807) is 18.2 Å². The van der Waals surface area contributed by atoms with Gasteiger partial charge >= 0.3 is 6.03 Å². The highest BCUT2D eigenvalue weighted by Gasteiger charge is 2.09. The number of halogens is 1. The maximum absolute atomic E-state index is 12.8. The topological polar surface area (TPSA) is 99.3 Å². The molecule has 2 rings (SSSR count). The van der Waals surface area contributed by atoms with E-state index in [-0.39, 0.29) is 31.4 Å². The molecule has 0 bridgehead atoms. The number of carbonyl (C=O) groups excluding carboxylic acids is 3. The van der Waals surface area contributed by atoms with Gasteiger partial charge in [0.1, 0.15) is 5.82 Å². The van der Waals surface area contributed by atoms with Crippen LogP contribution in [0.25, 0.3) is 0 Å². The van der Waals surface area contributed by atoms with Crippen LogP contribution >= 0.6 is 0 Å². The Bertz CT molecular complexity index is 853. The summed E-state index contributed by atoms with van der Waals surface area (Å²) in [5.41, 5.74) is 3.43. The average molecular weight is 386 g/mol. The number of hydrogen-bond donors (Lipinski definition) is 4. The van der Waals surface area contributed by atoms with E-state index < -0.39 is 11.9 Å². The number of benzene rings is 2. The number of nitrogens with one attached hydrogen (secondary N) is 4. The first-order valence-corrected chi connectivity index (χ1v) is 8.74. The van der Waals surface area contributed by atoms with Crippen LogP contribution in [-0.4, -0.2) is 30.9 Å². The Balaban J connectivity index is 1.66. The SMILES string of the molecule is Cc1cccc(NC(=O)CNC(=O)CNC(=O)NCc2ccc(F)cc2)c1C. The summed E-state index contributed by atoms with van der Waals surface area (Å²) < 4.78 is 12.8. The summed E-state index contributed by atoms with van der Waals surface area (Å²) in [7, 11) is 0. The number of urea groups is 1. The van der Waals surface area contributed by atoms with Crippen molar-refractivity contribution in [1.82, 2.24) is 16.0 Å². The lowest BCUT2D eigenvalue weighted by atomic mass is 10.1. The van der Waals surface area contributed by atoms with Crippen molar-refractivity contribution >= 4 is 23.5 Å². The quantitative estimate of drug-likeness (QED) is 0.586. The number of rotatable bonds is 7. The van der Waals surface area contributed by atoms with Crippen LogP contribution in [0, 0.1) is 19.7 Å². The lowest BCUT2D eigenvalue weighted by Crippen LogP contribution is -2.43. The van der Waals surface area contributed by atoms with E-state index in [0.29, 0.717) is 5.69 Å². The van der Waals surface area contributed by atoms with E-state index in [9.17, 15) is 18.8 Å². The summed E-state index contributed by atoms with van der Waals surface area (Å²) in [5.74, 6) is -1.21. The zero-order chi connectivity index (χ0) is 20.5. The van der Waals surface area contributed by atoms with Gasteiger partial charge in [0.2, 0.25) is 11.8 Å². The standard InChI is InChI=1S/C20H23FN4O3/c1-13-4-3-5-17(14(13)2)25-19(27)12-22-18(26)11-24-20(28)23-10-15-6-8-16(21)9-7-15/h3-9H,10-12H2,1-2H3,(H,22,26)(H,25,27)(H2,23,24,28). The summed E-state index contributed by atoms with van der Waals surface area (Å²) in [6, 6.07) is 10.7. The van der Waals surface area contributed by atoms with Crippen LogP contribution < -0.4 is 21.3 Å². The summed E-state index contributed by atoms with van der Waals surface area (Å²) >= 11 is 0. The van der Waals surface area contributed by atoms with Crippen molar-refractivity contribution in [3.63, 3.8) is 0 Å². The highest BCUT2D eigenvalue weighted by molar-refractivity contribution is 5.95. The molecule has 7 nitrogen and oxygen atoms in total. The minimum Gasteiger partial charge on any atom is -0.345 e. The first kappa shape index (κ1) is 20.9. The van der Waals surface area contributed by atoms with Crippen molar-refractivity contribution in [2.45, 2.75) is 20.4 Å². The molecule has 0 atom stereocenters. The van der Waals surface area contributed by atoms with Gasteiger partial charge in [-0.1, -0.05) is 24.3 Å². The molecule has 8 heteroatoms. The molecule has 0 aliphatic rings. The predicted octanol–water partition coefficient (Wildman–Crippen LogP) is 2.00. The lowest BCUT2D eigenvalue weighted by molar-refractivity contribution is -0.123. The number of hydrogen-bond acceptors (Lipinski definition) is 3. The molecule has 4 amide bonds. The van der Waals surface area contributed by atoms with Gasteiger partial charge in [0.15, 0.2) is 0 Å².